The van der Waals surface area contributed by atoms with Gasteiger partial charge in [-0.05, 0) is 30.5 Å². The van der Waals surface area contributed by atoms with Gasteiger partial charge in [-0.2, -0.15) is 5.10 Å². The van der Waals surface area contributed by atoms with Gasteiger partial charge >= 0.3 is 0 Å². The minimum Gasteiger partial charge on any atom is -0.347 e. The minimum absolute atomic E-state index is 0.0859. The third-order valence-corrected chi connectivity index (χ3v) is 6.09. The predicted molar refractivity (Wildman–Crippen MR) is 131 cm³/mol. The summed E-state index contributed by atoms with van der Waals surface area (Å²) in [5, 5.41) is 4.22. The zero-order valence-electron chi connectivity index (χ0n) is 19.6. The number of aryl methyl sites for hydroxylation is 1. The van der Waals surface area contributed by atoms with Crippen LogP contribution in [0.1, 0.15) is 35.1 Å². The Labute approximate surface area is 198 Å². The van der Waals surface area contributed by atoms with E-state index < -0.39 is 0 Å². The number of rotatable bonds is 5. The van der Waals surface area contributed by atoms with E-state index in [4.69, 9.17) is 4.98 Å². The number of nitrogens with zero attached hydrogens (tertiary/aromatic N) is 7. The van der Waals surface area contributed by atoms with Crippen molar-refractivity contribution in [2.75, 3.05) is 25.5 Å². The van der Waals surface area contributed by atoms with Crippen molar-refractivity contribution in [3.63, 3.8) is 0 Å². The molecule has 1 atom stereocenters. The van der Waals surface area contributed by atoms with Crippen LogP contribution < -0.4 is 4.90 Å². The van der Waals surface area contributed by atoms with Gasteiger partial charge in [0.15, 0.2) is 0 Å². The molecule has 0 N–H and O–H groups in total. The van der Waals surface area contributed by atoms with E-state index in [0.717, 1.165) is 40.9 Å². The molecule has 0 saturated carbocycles. The van der Waals surface area contributed by atoms with E-state index in [1.165, 1.54) is 0 Å². The van der Waals surface area contributed by atoms with Crippen molar-refractivity contribution in [2.45, 2.75) is 18.9 Å². The van der Waals surface area contributed by atoms with Crippen molar-refractivity contribution < 1.29 is 4.79 Å². The topological polar surface area (TPSA) is 80.0 Å². The third kappa shape index (κ3) is 4.14. The van der Waals surface area contributed by atoms with Crippen LogP contribution in [0.25, 0.3) is 22.4 Å². The van der Waals surface area contributed by atoms with Crippen molar-refractivity contribution in [3.05, 3.63) is 78.5 Å². The van der Waals surface area contributed by atoms with E-state index in [2.05, 4.69) is 27.2 Å². The molecule has 5 rings (SSSR count). The van der Waals surface area contributed by atoms with Crippen LogP contribution in [0.15, 0.2) is 67.1 Å². The van der Waals surface area contributed by atoms with Gasteiger partial charge in [0.2, 0.25) is 5.95 Å². The zero-order valence-corrected chi connectivity index (χ0v) is 19.6. The van der Waals surface area contributed by atoms with Gasteiger partial charge in [0.25, 0.3) is 5.91 Å². The first-order valence-corrected chi connectivity index (χ1v) is 11.4. The summed E-state index contributed by atoms with van der Waals surface area (Å²) in [5.74, 6) is 0.544. The largest absolute Gasteiger partial charge is 0.347 e. The third-order valence-electron chi connectivity index (χ3n) is 6.09. The molecule has 0 unspecified atom stereocenters. The van der Waals surface area contributed by atoms with Crippen LogP contribution in [0.4, 0.5) is 5.95 Å². The maximum atomic E-state index is 13.7. The molecule has 1 aliphatic rings. The van der Waals surface area contributed by atoms with Gasteiger partial charge in [-0.1, -0.05) is 36.4 Å². The fourth-order valence-corrected chi connectivity index (χ4v) is 4.40. The second-order valence-electron chi connectivity index (χ2n) is 8.70. The van der Waals surface area contributed by atoms with Crippen LogP contribution in [0.5, 0.6) is 0 Å². The maximum Gasteiger partial charge on any atom is 0.273 e. The lowest BCUT2D eigenvalue weighted by atomic mass is 9.99. The number of hydrogen-bond acceptors (Lipinski definition) is 6. The lowest BCUT2D eigenvalue weighted by Crippen LogP contribution is -2.32. The average Bonchev–Trinajstić information content (AvgIpc) is 3.53. The molecule has 0 aliphatic carbocycles. The van der Waals surface area contributed by atoms with E-state index in [1.54, 1.807) is 16.9 Å². The van der Waals surface area contributed by atoms with Crippen LogP contribution in [0, 0.1) is 0 Å². The van der Waals surface area contributed by atoms with E-state index in [1.807, 2.05) is 73.7 Å². The quantitative estimate of drug-likeness (QED) is 0.455. The van der Waals surface area contributed by atoms with Crippen LogP contribution in [-0.2, 0) is 7.05 Å². The fraction of sp³-hybridized carbons (Fsp3) is 0.269. The number of benzene rings is 1. The van der Waals surface area contributed by atoms with Gasteiger partial charge in [-0.15, -0.1) is 0 Å². The first kappa shape index (κ1) is 21.8. The highest BCUT2D eigenvalue weighted by Gasteiger charge is 2.34. The number of anilines is 1. The molecule has 4 heterocycles. The Bertz CT molecular complexity index is 1320. The fourth-order valence-electron chi connectivity index (χ4n) is 4.40. The predicted octanol–water partition coefficient (Wildman–Crippen LogP) is 3.98. The van der Waals surface area contributed by atoms with Crippen molar-refractivity contribution in [2.24, 2.45) is 7.05 Å². The van der Waals surface area contributed by atoms with Gasteiger partial charge in [0, 0.05) is 51.2 Å². The molecule has 0 bridgehead atoms. The van der Waals surface area contributed by atoms with Crippen LogP contribution in [-0.4, -0.2) is 56.2 Å². The molecule has 1 amide bonds. The molecule has 1 aliphatic heterocycles. The highest BCUT2D eigenvalue weighted by Crippen LogP contribution is 2.37. The molecule has 0 spiro atoms. The summed E-state index contributed by atoms with van der Waals surface area (Å²) in [6.07, 6.45) is 7.28. The second kappa shape index (κ2) is 9.05. The lowest BCUT2D eigenvalue weighted by Gasteiger charge is -2.26. The number of hydrogen-bond donors (Lipinski definition) is 0. The Balaban J connectivity index is 1.52. The van der Waals surface area contributed by atoms with Crippen molar-refractivity contribution >= 4 is 11.9 Å². The molecule has 8 nitrogen and oxygen atoms in total. The molecule has 34 heavy (non-hydrogen) atoms. The number of amides is 1. The van der Waals surface area contributed by atoms with Gasteiger partial charge in [-0.25, -0.2) is 15.0 Å². The number of likely N-dealkylation sites (tertiary alicyclic amines) is 1. The van der Waals surface area contributed by atoms with Gasteiger partial charge in [0.1, 0.15) is 5.69 Å². The van der Waals surface area contributed by atoms with E-state index in [0.29, 0.717) is 18.2 Å². The second-order valence-corrected chi connectivity index (χ2v) is 8.70. The van der Waals surface area contributed by atoms with E-state index in [-0.39, 0.29) is 11.9 Å². The normalized spacial score (nSPS) is 15.5. The van der Waals surface area contributed by atoms with Crippen LogP contribution >= 0.6 is 0 Å². The smallest absolute Gasteiger partial charge is 0.273 e. The van der Waals surface area contributed by atoms with Crippen LogP contribution in [0.3, 0.4) is 0 Å². The summed E-state index contributed by atoms with van der Waals surface area (Å²) >= 11 is 0. The molecular weight excluding hydrogens is 426 g/mol. The highest BCUT2D eigenvalue weighted by atomic mass is 16.2. The molecule has 0 radical (unpaired) electrons. The summed E-state index contributed by atoms with van der Waals surface area (Å²) in [7, 11) is 5.71. The Morgan fingerprint density at radius 1 is 1.00 bits per heavy atom. The molecule has 4 aromatic rings. The number of pyridine rings is 1. The average molecular weight is 454 g/mol. The van der Waals surface area contributed by atoms with Gasteiger partial charge in [-0.3, -0.25) is 9.48 Å². The first-order valence-electron chi connectivity index (χ1n) is 11.4. The molecule has 1 aromatic carbocycles. The Kier molecular flexibility index (Phi) is 5.79. The number of carbonyl (C=O) groups is 1. The summed E-state index contributed by atoms with van der Waals surface area (Å²) in [4.78, 5) is 31.6. The van der Waals surface area contributed by atoms with Crippen molar-refractivity contribution in [1.82, 2.24) is 29.6 Å². The Hall–Kier alpha value is -4.07. The van der Waals surface area contributed by atoms with E-state index >= 15 is 0 Å². The van der Waals surface area contributed by atoms with Gasteiger partial charge in [0.05, 0.1) is 23.6 Å². The summed E-state index contributed by atoms with van der Waals surface area (Å²) in [5.41, 5.74) is 4.91. The van der Waals surface area contributed by atoms with Gasteiger partial charge < -0.3 is 9.80 Å². The molecule has 8 heteroatoms. The number of aromatic nitrogens is 5. The molecule has 1 saturated heterocycles. The monoisotopic (exact) mass is 453 g/mol. The van der Waals surface area contributed by atoms with E-state index in [9.17, 15) is 4.79 Å². The summed E-state index contributed by atoms with van der Waals surface area (Å²) in [6, 6.07) is 15.5. The molecule has 172 valence electrons. The number of carbonyl (C=O) groups excluding carboxylic acids is 1. The molecular formula is C26H27N7O. The van der Waals surface area contributed by atoms with Crippen molar-refractivity contribution in [1.29, 1.82) is 0 Å². The first-order chi connectivity index (χ1) is 16.5. The zero-order chi connectivity index (χ0) is 23.7. The summed E-state index contributed by atoms with van der Waals surface area (Å²) in [6.45, 7) is 0.665. The highest BCUT2D eigenvalue weighted by molar-refractivity contribution is 5.93. The SMILES string of the molecule is CN(C)c1ncc(-c2ccccc2)c([C@H]2CCCN2C(=O)c2cccc(-c3cnn(C)c3)n2)n1. The maximum absolute atomic E-state index is 13.7. The Morgan fingerprint density at radius 3 is 2.56 bits per heavy atom. The van der Waals surface area contributed by atoms with Crippen LogP contribution in [0.2, 0.25) is 0 Å². The lowest BCUT2D eigenvalue weighted by molar-refractivity contribution is 0.0727. The minimum atomic E-state index is -0.145. The molecule has 1 fully saturated rings. The molecule has 3 aromatic heterocycles. The van der Waals surface area contributed by atoms with Crippen molar-refractivity contribution in [3.8, 4) is 22.4 Å². The summed E-state index contributed by atoms with van der Waals surface area (Å²) < 4.78 is 1.73. The Morgan fingerprint density at radius 2 is 1.82 bits per heavy atom. The standard InChI is InChI=1S/C26H27N7O/c1-31(2)26-27-16-20(18-9-5-4-6-10-18)24(30-26)23-13-8-14-33(23)25(34)22-12-7-11-21(29-22)19-15-28-32(3)17-19/h4-7,9-12,15-17,23H,8,13-14H2,1-3H3/t23-/m1/s1.